The number of ether oxygens (including phenoxy) is 1. The number of methoxy groups -OCH3 is 1. The maximum absolute atomic E-state index is 12.2. The van der Waals surface area contributed by atoms with Gasteiger partial charge < -0.3 is 19.5 Å². The highest BCUT2D eigenvalue weighted by Crippen LogP contribution is 2.42. The van der Waals surface area contributed by atoms with Gasteiger partial charge in [-0.25, -0.2) is 4.79 Å². The molecular weight excluding hydrogens is 468 g/mol. The number of carbonyl (C=O) groups is 1. The summed E-state index contributed by atoms with van der Waals surface area (Å²) in [6.07, 6.45) is 3.80. The Morgan fingerprint density at radius 3 is 2.50 bits per heavy atom. The van der Waals surface area contributed by atoms with Crippen molar-refractivity contribution in [3.05, 3.63) is 114 Å². The van der Waals surface area contributed by atoms with Crippen molar-refractivity contribution in [2.45, 2.75) is 31.8 Å². The molecule has 182 valence electrons. The van der Waals surface area contributed by atoms with Crippen molar-refractivity contribution in [1.29, 1.82) is 0 Å². The van der Waals surface area contributed by atoms with Crippen LogP contribution in [0.15, 0.2) is 91.3 Å². The number of anilines is 1. The van der Waals surface area contributed by atoms with Crippen LogP contribution in [0, 0.1) is 0 Å². The average Bonchev–Trinajstić information content (AvgIpc) is 3.53. The van der Waals surface area contributed by atoms with Gasteiger partial charge in [-0.3, -0.25) is 4.98 Å². The fourth-order valence-corrected chi connectivity index (χ4v) is 5.07. The number of nitrogens with zero attached hydrogens (tertiary/aromatic N) is 3. The minimum atomic E-state index is -0.368. The number of rotatable bonds is 6. The maximum atomic E-state index is 12.2. The summed E-state index contributed by atoms with van der Waals surface area (Å²) in [4.78, 5) is 19.0. The summed E-state index contributed by atoms with van der Waals surface area (Å²) in [7, 11) is 1.39. The molecular formula is C29H28N4O2S. The SMILES string of the molecule is COC(=O)c1cccc(-n2cccc2[C@H]2[C@@H](c3ccccn3)NC(=S)N2c2ccc(C(C)C)cc2)c1. The number of esters is 1. The first kappa shape index (κ1) is 23.8. The minimum Gasteiger partial charge on any atom is -0.465 e. The van der Waals surface area contributed by atoms with Gasteiger partial charge in [0.15, 0.2) is 5.11 Å². The van der Waals surface area contributed by atoms with Gasteiger partial charge in [-0.2, -0.15) is 0 Å². The number of pyridine rings is 1. The van der Waals surface area contributed by atoms with Gasteiger partial charge in [0, 0.05) is 29.5 Å². The first-order chi connectivity index (χ1) is 17.5. The summed E-state index contributed by atoms with van der Waals surface area (Å²) in [5.41, 5.74) is 5.58. The molecule has 0 spiro atoms. The van der Waals surface area contributed by atoms with Crippen LogP contribution in [-0.2, 0) is 4.74 Å². The lowest BCUT2D eigenvalue weighted by Gasteiger charge is -2.29. The normalized spacial score (nSPS) is 17.3. The lowest BCUT2D eigenvalue weighted by atomic mass is 9.99. The van der Waals surface area contributed by atoms with Crippen molar-refractivity contribution in [2.75, 3.05) is 12.0 Å². The van der Waals surface area contributed by atoms with Crippen LogP contribution in [0.1, 0.15) is 59.2 Å². The van der Waals surface area contributed by atoms with E-state index >= 15 is 0 Å². The van der Waals surface area contributed by atoms with Crippen LogP contribution in [0.3, 0.4) is 0 Å². The molecule has 4 aromatic rings. The van der Waals surface area contributed by atoms with Crippen molar-refractivity contribution in [3.8, 4) is 5.69 Å². The summed E-state index contributed by atoms with van der Waals surface area (Å²) >= 11 is 5.88. The van der Waals surface area contributed by atoms with E-state index in [1.165, 1.54) is 12.7 Å². The second-order valence-corrected chi connectivity index (χ2v) is 9.47. The molecule has 5 rings (SSSR count). The van der Waals surface area contributed by atoms with Crippen molar-refractivity contribution in [2.24, 2.45) is 0 Å². The van der Waals surface area contributed by atoms with Crippen LogP contribution in [0.5, 0.6) is 0 Å². The number of aromatic nitrogens is 2. The van der Waals surface area contributed by atoms with E-state index in [1.807, 2.05) is 48.7 Å². The van der Waals surface area contributed by atoms with Crippen LogP contribution >= 0.6 is 12.2 Å². The zero-order valence-corrected chi connectivity index (χ0v) is 21.3. The topological polar surface area (TPSA) is 59.4 Å². The van der Waals surface area contributed by atoms with Gasteiger partial charge in [-0.05, 0) is 78.3 Å². The largest absolute Gasteiger partial charge is 0.465 e. The van der Waals surface area contributed by atoms with Crippen molar-refractivity contribution < 1.29 is 9.53 Å². The zero-order chi connectivity index (χ0) is 25.2. The Kier molecular flexibility index (Phi) is 6.57. The van der Waals surface area contributed by atoms with Gasteiger partial charge in [0.2, 0.25) is 0 Å². The van der Waals surface area contributed by atoms with Crippen LogP contribution in [0.4, 0.5) is 5.69 Å². The molecule has 2 atom stereocenters. The molecule has 1 saturated heterocycles. The Hall–Kier alpha value is -3.97. The fraction of sp³-hybridized carbons (Fsp3) is 0.207. The quantitative estimate of drug-likeness (QED) is 0.263. The predicted molar refractivity (Wildman–Crippen MR) is 146 cm³/mol. The molecule has 0 amide bonds. The molecule has 1 aliphatic heterocycles. The Bertz CT molecular complexity index is 1380. The molecule has 0 aliphatic carbocycles. The van der Waals surface area contributed by atoms with E-state index in [9.17, 15) is 4.79 Å². The fourth-order valence-electron chi connectivity index (χ4n) is 4.72. The Labute approximate surface area is 216 Å². The zero-order valence-electron chi connectivity index (χ0n) is 20.5. The van der Waals surface area contributed by atoms with E-state index in [4.69, 9.17) is 17.0 Å². The summed E-state index contributed by atoms with van der Waals surface area (Å²) in [6, 6.07) is 25.7. The monoisotopic (exact) mass is 496 g/mol. The molecule has 0 unspecified atom stereocenters. The van der Waals surface area contributed by atoms with Crippen molar-refractivity contribution in [3.63, 3.8) is 0 Å². The first-order valence-corrected chi connectivity index (χ1v) is 12.4. The number of hydrogen-bond acceptors (Lipinski definition) is 4. The molecule has 2 aromatic heterocycles. The van der Waals surface area contributed by atoms with E-state index in [1.54, 1.807) is 12.3 Å². The summed E-state index contributed by atoms with van der Waals surface area (Å²) in [5.74, 6) is 0.0755. The number of benzene rings is 2. The smallest absolute Gasteiger partial charge is 0.337 e. The van der Waals surface area contributed by atoms with Crippen LogP contribution in [-0.4, -0.2) is 27.7 Å². The van der Waals surface area contributed by atoms with Crippen LogP contribution < -0.4 is 10.2 Å². The third kappa shape index (κ3) is 4.38. The highest BCUT2D eigenvalue weighted by atomic mass is 32.1. The van der Waals surface area contributed by atoms with Gasteiger partial charge in [0.05, 0.1) is 24.4 Å². The van der Waals surface area contributed by atoms with E-state index in [-0.39, 0.29) is 18.1 Å². The first-order valence-electron chi connectivity index (χ1n) is 11.9. The number of nitrogens with one attached hydrogen (secondary N) is 1. The number of hydrogen-bond donors (Lipinski definition) is 1. The Morgan fingerprint density at radius 2 is 1.81 bits per heavy atom. The highest BCUT2D eigenvalue weighted by Gasteiger charge is 2.42. The minimum absolute atomic E-state index is 0.166. The molecule has 36 heavy (non-hydrogen) atoms. The maximum Gasteiger partial charge on any atom is 0.337 e. The van der Waals surface area contributed by atoms with Gasteiger partial charge in [0.25, 0.3) is 0 Å². The standard InChI is InChI=1S/C29H28N4O2S/c1-19(2)20-12-14-22(15-13-20)33-27(26(31-29(33)36)24-10-4-5-16-30-24)25-11-7-17-32(25)23-9-6-8-21(18-23)28(34)35-3/h4-19,26-27H,1-3H3,(H,31,36)/t26-,27+/m1/s1. The molecule has 7 heteroatoms. The average molecular weight is 497 g/mol. The third-order valence-electron chi connectivity index (χ3n) is 6.56. The number of carbonyl (C=O) groups excluding carboxylic acids is 1. The van der Waals surface area contributed by atoms with Gasteiger partial charge >= 0.3 is 5.97 Å². The summed E-state index contributed by atoms with van der Waals surface area (Å²) in [6.45, 7) is 4.37. The van der Waals surface area contributed by atoms with Crippen LogP contribution in [0.25, 0.3) is 5.69 Å². The third-order valence-corrected chi connectivity index (χ3v) is 6.88. The molecule has 2 aromatic carbocycles. The van der Waals surface area contributed by atoms with Gasteiger partial charge in [0.1, 0.15) is 6.04 Å². The molecule has 1 aliphatic rings. The summed E-state index contributed by atoms with van der Waals surface area (Å²) in [5, 5.41) is 4.16. The van der Waals surface area contributed by atoms with Crippen LogP contribution in [0.2, 0.25) is 0 Å². The lowest BCUT2D eigenvalue weighted by molar-refractivity contribution is 0.0600. The van der Waals surface area contributed by atoms with Crippen molar-refractivity contribution >= 4 is 29.0 Å². The molecule has 3 heterocycles. The predicted octanol–water partition coefficient (Wildman–Crippen LogP) is 5.96. The molecule has 1 fully saturated rings. The molecule has 0 radical (unpaired) electrons. The van der Waals surface area contributed by atoms with Crippen molar-refractivity contribution in [1.82, 2.24) is 14.9 Å². The summed E-state index contributed by atoms with van der Waals surface area (Å²) < 4.78 is 7.03. The second kappa shape index (κ2) is 9.95. The molecule has 0 bridgehead atoms. The van der Waals surface area contributed by atoms with E-state index in [0.717, 1.165) is 22.8 Å². The lowest BCUT2D eigenvalue weighted by Crippen LogP contribution is -2.30. The second-order valence-electron chi connectivity index (χ2n) is 9.09. The number of thiocarbonyl (C=S) groups is 1. The highest BCUT2D eigenvalue weighted by molar-refractivity contribution is 7.80. The Balaban J connectivity index is 1.63. The van der Waals surface area contributed by atoms with E-state index in [0.29, 0.717) is 16.6 Å². The van der Waals surface area contributed by atoms with E-state index < -0.39 is 0 Å². The van der Waals surface area contributed by atoms with Gasteiger partial charge in [-0.15, -0.1) is 0 Å². The van der Waals surface area contributed by atoms with E-state index in [2.05, 4.69) is 63.9 Å². The van der Waals surface area contributed by atoms with Gasteiger partial charge in [-0.1, -0.05) is 38.1 Å². The molecule has 0 saturated carbocycles. The Morgan fingerprint density at radius 1 is 1.00 bits per heavy atom. The molecule has 6 nitrogen and oxygen atoms in total. The molecule has 1 N–H and O–H groups in total.